The molecule has 59 valence electrons. The molecule has 0 N–H and O–H groups in total. The summed E-state index contributed by atoms with van der Waals surface area (Å²) < 4.78 is 17.2. The van der Waals surface area contributed by atoms with Crippen LogP contribution in [0.3, 0.4) is 0 Å². The van der Waals surface area contributed by atoms with Crippen molar-refractivity contribution >= 4 is 0 Å². The summed E-state index contributed by atoms with van der Waals surface area (Å²) in [5.74, 6) is 0.224. The van der Waals surface area contributed by atoms with Gasteiger partial charge in [0.15, 0.2) is 0 Å². The third kappa shape index (κ3) is 2.55. The monoisotopic (exact) mass is 155 g/mol. The van der Waals surface area contributed by atoms with Gasteiger partial charge in [0, 0.05) is 0 Å². The van der Waals surface area contributed by atoms with Crippen molar-refractivity contribution in [3.05, 3.63) is 30.1 Å². The average Bonchev–Trinajstić information content (AvgIpc) is 2.04. The van der Waals surface area contributed by atoms with E-state index in [-0.39, 0.29) is 19.0 Å². The van der Waals surface area contributed by atoms with E-state index in [9.17, 15) is 9.50 Å². The molecule has 0 saturated carbocycles. The number of hydrogen-bond donors (Lipinski definition) is 0. The molecule has 0 heterocycles. The predicted molar refractivity (Wildman–Crippen MR) is 37.4 cm³/mol. The van der Waals surface area contributed by atoms with Gasteiger partial charge in [-0.25, -0.2) is 9.50 Å². The van der Waals surface area contributed by atoms with Gasteiger partial charge < -0.3 is 4.74 Å². The first kappa shape index (κ1) is 8.01. The lowest BCUT2D eigenvalue weighted by Gasteiger charge is -2.01. The van der Waals surface area contributed by atoms with Crippen LogP contribution in [0.4, 0.5) is 4.39 Å². The molecule has 3 heteroatoms. The quantitative estimate of drug-likeness (QED) is 0.652. The molecule has 0 atom stereocenters. The second-order valence-corrected chi connectivity index (χ2v) is 2.01. The SMILES string of the molecule is [O]CCOc1ccc(F)cc1. The zero-order valence-corrected chi connectivity index (χ0v) is 5.92. The summed E-state index contributed by atoms with van der Waals surface area (Å²) in [6, 6.07) is 5.57. The van der Waals surface area contributed by atoms with E-state index in [1.54, 1.807) is 0 Å². The number of halogens is 1. The average molecular weight is 155 g/mol. The van der Waals surface area contributed by atoms with E-state index in [0.29, 0.717) is 5.75 Å². The Labute approximate surface area is 64.2 Å². The number of hydrogen-bond acceptors (Lipinski definition) is 1. The fraction of sp³-hybridized carbons (Fsp3) is 0.250. The smallest absolute Gasteiger partial charge is 0.123 e. The van der Waals surface area contributed by atoms with Crippen LogP contribution in [0.15, 0.2) is 24.3 Å². The molecule has 11 heavy (non-hydrogen) atoms. The molecule has 1 rings (SSSR count). The van der Waals surface area contributed by atoms with Gasteiger partial charge in [-0.05, 0) is 24.3 Å². The molecule has 0 aromatic heterocycles. The molecule has 1 radical (unpaired) electrons. The minimum atomic E-state index is -0.306. The Morgan fingerprint density at radius 3 is 2.45 bits per heavy atom. The molecule has 0 aliphatic carbocycles. The van der Waals surface area contributed by atoms with Gasteiger partial charge in [-0.1, -0.05) is 0 Å². The normalized spacial score (nSPS) is 9.64. The third-order valence-electron chi connectivity index (χ3n) is 1.17. The predicted octanol–water partition coefficient (Wildman–Crippen LogP) is 1.64. The minimum Gasteiger partial charge on any atom is -0.491 e. The summed E-state index contributed by atoms with van der Waals surface area (Å²) in [5, 5.41) is 9.97. The molecule has 0 aliphatic rings. The van der Waals surface area contributed by atoms with E-state index < -0.39 is 0 Å². The first-order valence-electron chi connectivity index (χ1n) is 3.29. The summed E-state index contributed by atoms with van der Waals surface area (Å²) in [5.41, 5.74) is 0. The van der Waals surface area contributed by atoms with Crippen LogP contribution in [0.5, 0.6) is 5.75 Å². The van der Waals surface area contributed by atoms with Crippen LogP contribution in [0.25, 0.3) is 0 Å². The largest absolute Gasteiger partial charge is 0.491 e. The van der Waals surface area contributed by atoms with Crippen LogP contribution in [-0.2, 0) is 5.11 Å². The molecule has 0 unspecified atom stereocenters. The highest BCUT2D eigenvalue weighted by atomic mass is 19.1. The van der Waals surface area contributed by atoms with Gasteiger partial charge in [-0.2, -0.15) is 0 Å². The fourth-order valence-electron chi connectivity index (χ4n) is 0.690. The molecular weight excluding hydrogens is 147 g/mol. The Kier molecular flexibility index (Phi) is 2.86. The lowest BCUT2D eigenvalue weighted by molar-refractivity contribution is 0.138. The summed E-state index contributed by atoms with van der Waals surface area (Å²) in [7, 11) is 0. The fourth-order valence-corrected chi connectivity index (χ4v) is 0.690. The molecule has 0 amide bonds. The van der Waals surface area contributed by atoms with Crippen molar-refractivity contribution in [3.63, 3.8) is 0 Å². The van der Waals surface area contributed by atoms with Gasteiger partial charge in [0.1, 0.15) is 24.8 Å². The van der Waals surface area contributed by atoms with Crippen LogP contribution >= 0.6 is 0 Å². The number of rotatable bonds is 3. The highest BCUT2D eigenvalue weighted by Crippen LogP contribution is 2.10. The summed E-state index contributed by atoms with van der Waals surface area (Å²) in [6.45, 7) is -0.150. The zero-order valence-electron chi connectivity index (χ0n) is 5.92. The molecule has 0 spiro atoms. The van der Waals surface area contributed by atoms with Gasteiger partial charge in [0.2, 0.25) is 0 Å². The minimum absolute atomic E-state index is 0.131. The van der Waals surface area contributed by atoms with E-state index >= 15 is 0 Å². The van der Waals surface area contributed by atoms with Crippen molar-refractivity contribution in [3.8, 4) is 5.75 Å². The van der Waals surface area contributed by atoms with Crippen LogP contribution in [0, 0.1) is 5.82 Å². The Morgan fingerprint density at radius 1 is 1.27 bits per heavy atom. The van der Waals surface area contributed by atoms with E-state index in [0.717, 1.165) is 0 Å². The zero-order chi connectivity index (χ0) is 8.10. The van der Waals surface area contributed by atoms with Gasteiger partial charge in [-0.3, -0.25) is 0 Å². The maximum atomic E-state index is 12.3. The second-order valence-electron chi connectivity index (χ2n) is 2.01. The maximum Gasteiger partial charge on any atom is 0.123 e. The van der Waals surface area contributed by atoms with Crippen LogP contribution < -0.4 is 4.74 Å². The molecule has 2 nitrogen and oxygen atoms in total. The van der Waals surface area contributed by atoms with E-state index in [2.05, 4.69) is 0 Å². The molecule has 1 aromatic rings. The number of benzene rings is 1. The highest BCUT2D eigenvalue weighted by molar-refractivity contribution is 5.21. The van der Waals surface area contributed by atoms with Gasteiger partial charge in [0.25, 0.3) is 0 Å². The molecular formula is C8H8FO2. The third-order valence-corrected chi connectivity index (χ3v) is 1.17. The first-order chi connectivity index (χ1) is 5.33. The van der Waals surface area contributed by atoms with E-state index in [4.69, 9.17) is 4.74 Å². The van der Waals surface area contributed by atoms with E-state index in [1.165, 1.54) is 24.3 Å². The van der Waals surface area contributed by atoms with Crippen molar-refractivity contribution in [2.45, 2.75) is 0 Å². The molecule has 0 aliphatic heterocycles. The summed E-state index contributed by atoms with van der Waals surface area (Å²) in [6.07, 6.45) is 0. The summed E-state index contributed by atoms with van der Waals surface area (Å²) >= 11 is 0. The van der Waals surface area contributed by atoms with Gasteiger partial charge in [0.05, 0.1) is 0 Å². The molecule has 0 fully saturated rings. The van der Waals surface area contributed by atoms with Gasteiger partial charge >= 0.3 is 0 Å². The van der Waals surface area contributed by atoms with Crippen molar-refractivity contribution in [2.24, 2.45) is 0 Å². The molecule has 0 bridgehead atoms. The van der Waals surface area contributed by atoms with Gasteiger partial charge in [-0.15, -0.1) is 0 Å². The van der Waals surface area contributed by atoms with Crippen molar-refractivity contribution < 1.29 is 14.2 Å². The first-order valence-corrected chi connectivity index (χ1v) is 3.29. The standard InChI is InChI=1S/C8H8FO2/c9-7-1-3-8(4-2-7)11-6-5-10/h1-4H,5-6H2. The van der Waals surface area contributed by atoms with Crippen molar-refractivity contribution in [1.29, 1.82) is 0 Å². The maximum absolute atomic E-state index is 12.3. The second kappa shape index (κ2) is 3.93. The van der Waals surface area contributed by atoms with Crippen molar-refractivity contribution in [2.75, 3.05) is 13.2 Å². The Morgan fingerprint density at radius 2 is 1.91 bits per heavy atom. The summed E-state index contributed by atoms with van der Waals surface area (Å²) in [4.78, 5) is 0. The Hall–Kier alpha value is -1.09. The van der Waals surface area contributed by atoms with Crippen LogP contribution in [0.2, 0.25) is 0 Å². The Balaban J connectivity index is 2.52. The lowest BCUT2D eigenvalue weighted by atomic mass is 10.3. The number of ether oxygens (including phenoxy) is 1. The van der Waals surface area contributed by atoms with Crippen molar-refractivity contribution in [1.82, 2.24) is 0 Å². The lowest BCUT2D eigenvalue weighted by Crippen LogP contribution is -2.00. The van der Waals surface area contributed by atoms with Crippen LogP contribution in [0.1, 0.15) is 0 Å². The highest BCUT2D eigenvalue weighted by Gasteiger charge is 1.92. The topological polar surface area (TPSA) is 29.1 Å². The molecule has 1 aromatic carbocycles. The van der Waals surface area contributed by atoms with E-state index in [1.807, 2.05) is 0 Å². The Bertz CT molecular complexity index is 208. The molecule has 0 saturated heterocycles. The van der Waals surface area contributed by atoms with Crippen LogP contribution in [-0.4, -0.2) is 13.2 Å².